The number of fused-ring (bicyclic) bond motifs is 1. The second kappa shape index (κ2) is 5.46. The van der Waals surface area contributed by atoms with Crippen LogP contribution in [0.2, 0.25) is 0 Å². The van der Waals surface area contributed by atoms with Gasteiger partial charge in [-0.05, 0) is 39.4 Å². The average molecular weight is 309 g/mol. The first-order chi connectivity index (χ1) is 10.1. The monoisotopic (exact) mass is 308 g/mol. The van der Waals surface area contributed by atoms with E-state index in [1.807, 2.05) is 12.1 Å². The SMILES string of the molecule is COc1ccc2nc(CCl)n(CC3(N(C)C)CCC3)c2n1. The average Bonchev–Trinajstić information content (AvgIpc) is 2.78. The van der Waals surface area contributed by atoms with Gasteiger partial charge in [0.25, 0.3) is 0 Å². The number of ether oxygens (including phenoxy) is 1. The van der Waals surface area contributed by atoms with Crippen LogP contribution in [0.3, 0.4) is 0 Å². The number of alkyl halides is 1. The molecule has 0 aromatic carbocycles. The van der Waals surface area contributed by atoms with Crippen molar-refractivity contribution in [3.8, 4) is 5.88 Å². The Morgan fingerprint density at radius 2 is 2.10 bits per heavy atom. The summed E-state index contributed by atoms with van der Waals surface area (Å²) in [4.78, 5) is 11.5. The van der Waals surface area contributed by atoms with Crippen molar-refractivity contribution >= 4 is 22.8 Å². The number of hydrogen-bond donors (Lipinski definition) is 0. The molecule has 0 unspecified atom stereocenters. The maximum absolute atomic E-state index is 6.09. The summed E-state index contributed by atoms with van der Waals surface area (Å²) in [5.41, 5.74) is 1.93. The molecule has 0 amide bonds. The molecule has 0 spiro atoms. The van der Waals surface area contributed by atoms with E-state index in [1.54, 1.807) is 7.11 Å². The molecule has 2 aromatic heterocycles. The first-order valence-corrected chi connectivity index (χ1v) is 7.76. The molecule has 2 aromatic rings. The summed E-state index contributed by atoms with van der Waals surface area (Å²) in [6, 6.07) is 3.78. The van der Waals surface area contributed by atoms with Crippen molar-refractivity contribution in [1.82, 2.24) is 19.4 Å². The van der Waals surface area contributed by atoms with Gasteiger partial charge in [0.15, 0.2) is 5.65 Å². The topological polar surface area (TPSA) is 43.2 Å². The second-order valence-corrected chi connectivity index (χ2v) is 6.18. The van der Waals surface area contributed by atoms with Crippen LogP contribution in [0.1, 0.15) is 25.1 Å². The second-order valence-electron chi connectivity index (χ2n) is 5.92. The number of aromatic nitrogens is 3. The Morgan fingerprint density at radius 3 is 2.62 bits per heavy atom. The standard InChI is InChI=1S/C15H21ClN4O/c1-19(2)15(7-4-8-15)10-20-12(9-16)17-11-5-6-13(21-3)18-14(11)20/h5-6H,4,7-10H2,1-3H3. The molecule has 0 N–H and O–H groups in total. The molecular weight excluding hydrogens is 288 g/mol. The van der Waals surface area contributed by atoms with E-state index < -0.39 is 0 Å². The minimum atomic E-state index is 0.194. The van der Waals surface area contributed by atoms with Crippen molar-refractivity contribution in [2.24, 2.45) is 0 Å². The molecule has 0 saturated heterocycles. The molecule has 0 radical (unpaired) electrons. The number of methoxy groups -OCH3 is 1. The van der Waals surface area contributed by atoms with Crippen molar-refractivity contribution in [1.29, 1.82) is 0 Å². The van der Waals surface area contributed by atoms with E-state index in [2.05, 4.69) is 33.5 Å². The van der Waals surface area contributed by atoms with Crippen LogP contribution < -0.4 is 4.74 Å². The van der Waals surface area contributed by atoms with Gasteiger partial charge in [-0.1, -0.05) is 0 Å². The van der Waals surface area contributed by atoms with Gasteiger partial charge in [-0.2, -0.15) is 4.98 Å². The summed E-state index contributed by atoms with van der Waals surface area (Å²) in [6.45, 7) is 0.874. The lowest BCUT2D eigenvalue weighted by molar-refractivity contribution is 0.0427. The number of imidazole rings is 1. The lowest BCUT2D eigenvalue weighted by atomic mass is 9.75. The van der Waals surface area contributed by atoms with Crippen LogP contribution in [-0.2, 0) is 12.4 Å². The van der Waals surface area contributed by atoms with E-state index in [9.17, 15) is 0 Å². The number of halogens is 1. The van der Waals surface area contributed by atoms with Crippen molar-refractivity contribution in [2.45, 2.75) is 37.2 Å². The maximum atomic E-state index is 6.09. The predicted octanol–water partition coefficient (Wildman–Crippen LogP) is 2.66. The number of hydrogen-bond acceptors (Lipinski definition) is 4. The summed E-state index contributed by atoms with van der Waals surface area (Å²) in [5, 5.41) is 0. The van der Waals surface area contributed by atoms with Gasteiger partial charge in [-0.15, -0.1) is 11.6 Å². The normalized spacial score (nSPS) is 17.2. The van der Waals surface area contributed by atoms with Gasteiger partial charge in [0, 0.05) is 18.2 Å². The maximum Gasteiger partial charge on any atom is 0.215 e. The number of rotatable bonds is 5. The first-order valence-electron chi connectivity index (χ1n) is 7.23. The van der Waals surface area contributed by atoms with Crippen LogP contribution in [0, 0.1) is 0 Å². The summed E-state index contributed by atoms with van der Waals surface area (Å²) in [7, 11) is 5.92. The predicted molar refractivity (Wildman–Crippen MR) is 83.9 cm³/mol. The van der Waals surface area contributed by atoms with E-state index in [-0.39, 0.29) is 5.54 Å². The van der Waals surface area contributed by atoms with Gasteiger partial charge < -0.3 is 14.2 Å². The first kappa shape index (κ1) is 14.6. The Morgan fingerprint density at radius 1 is 1.33 bits per heavy atom. The zero-order chi connectivity index (χ0) is 15.0. The van der Waals surface area contributed by atoms with Crippen LogP contribution >= 0.6 is 11.6 Å². The summed E-state index contributed by atoms with van der Waals surface area (Å²) in [6.07, 6.45) is 3.68. The van der Waals surface area contributed by atoms with Crippen molar-refractivity contribution in [3.63, 3.8) is 0 Å². The van der Waals surface area contributed by atoms with Crippen molar-refractivity contribution in [3.05, 3.63) is 18.0 Å². The smallest absolute Gasteiger partial charge is 0.215 e. The van der Waals surface area contributed by atoms with E-state index in [0.717, 1.165) is 23.5 Å². The molecule has 2 heterocycles. The molecule has 0 aliphatic heterocycles. The molecule has 21 heavy (non-hydrogen) atoms. The number of likely N-dealkylation sites (N-methyl/N-ethyl adjacent to an activating group) is 1. The van der Waals surface area contributed by atoms with Crippen LogP contribution in [-0.4, -0.2) is 46.2 Å². The number of nitrogens with zero attached hydrogens (tertiary/aromatic N) is 4. The Bertz CT molecular complexity index is 648. The van der Waals surface area contributed by atoms with Crippen molar-refractivity contribution < 1.29 is 4.74 Å². The lowest BCUT2D eigenvalue weighted by Gasteiger charge is -2.47. The molecule has 6 heteroatoms. The van der Waals surface area contributed by atoms with Gasteiger partial charge >= 0.3 is 0 Å². The third-order valence-corrected chi connectivity index (χ3v) is 4.90. The molecule has 1 aliphatic carbocycles. The van der Waals surface area contributed by atoms with E-state index in [0.29, 0.717) is 11.8 Å². The van der Waals surface area contributed by atoms with Crippen LogP contribution in [0.15, 0.2) is 12.1 Å². The summed E-state index contributed by atoms with van der Waals surface area (Å²) >= 11 is 6.09. The minimum Gasteiger partial charge on any atom is -0.481 e. The highest BCUT2D eigenvalue weighted by atomic mass is 35.5. The van der Waals surface area contributed by atoms with Gasteiger partial charge in [0.05, 0.1) is 13.0 Å². The third kappa shape index (κ3) is 2.38. The van der Waals surface area contributed by atoms with Gasteiger partial charge in [-0.3, -0.25) is 0 Å². The van der Waals surface area contributed by atoms with Crippen LogP contribution in [0.5, 0.6) is 5.88 Å². The lowest BCUT2D eigenvalue weighted by Crippen LogP contribution is -2.53. The highest BCUT2D eigenvalue weighted by molar-refractivity contribution is 6.16. The Labute approximate surface area is 129 Å². The van der Waals surface area contributed by atoms with Gasteiger partial charge in [-0.25, -0.2) is 4.98 Å². The molecule has 1 fully saturated rings. The highest BCUT2D eigenvalue weighted by Crippen LogP contribution is 2.38. The van der Waals surface area contributed by atoms with Crippen LogP contribution in [0.4, 0.5) is 0 Å². The quantitative estimate of drug-likeness (QED) is 0.797. The zero-order valence-electron chi connectivity index (χ0n) is 12.8. The van der Waals surface area contributed by atoms with E-state index in [4.69, 9.17) is 16.3 Å². The van der Waals surface area contributed by atoms with Gasteiger partial charge in [0.2, 0.25) is 5.88 Å². The summed E-state index contributed by atoms with van der Waals surface area (Å²) < 4.78 is 7.40. The molecule has 0 atom stereocenters. The highest BCUT2D eigenvalue weighted by Gasteiger charge is 2.40. The molecule has 1 aliphatic rings. The van der Waals surface area contributed by atoms with Crippen LogP contribution in [0.25, 0.3) is 11.2 Å². The van der Waals surface area contributed by atoms with E-state index in [1.165, 1.54) is 19.3 Å². The Kier molecular flexibility index (Phi) is 3.80. The molecular formula is C15H21ClN4O. The Hall–Kier alpha value is -1.33. The van der Waals surface area contributed by atoms with E-state index >= 15 is 0 Å². The third-order valence-electron chi connectivity index (χ3n) is 4.66. The van der Waals surface area contributed by atoms with Gasteiger partial charge in [0.1, 0.15) is 11.3 Å². The molecule has 1 saturated carbocycles. The fraction of sp³-hybridized carbons (Fsp3) is 0.600. The largest absolute Gasteiger partial charge is 0.481 e. The number of pyridine rings is 1. The minimum absolute atomic E-state index is 0.194. The molecule has 0 bridgehead atoms. The summed E-state index contributed by atoms with van der Waals surface area (Å²) in [5.74, 6) is 1.88. The Balaban J connectivity index is 2.07. The van der Waals surface area contributed by atoms with Crippen molar-refractivity contribution in [2.75, 3.05) is 21.2 Å². The molecule has 5 nitrogen and oxygen atoms in total. The molecule has 114 valence electrons. The fourth-order valence-electron chi connectivity index (χ4n) is 3.04. The zero-order valence-corrected chi connectivity index (χ0v) is 13.5. The fourth-order valence-corrected chi connectivity index (χ4v) is 3.24. The molecule has 3 rings (SSSR count).